The molecule has 6 heteroatoms. The van der Waals surface area contributed by atoms with E-state index in [1.165, 1.54) is 4.90 Å². The second-order valence-electron chi connectivity index (χ2n) is 8.21. The molecule has 0 saturated carbocycles. The molecule has 0 radical (unpaired) electrons. The van der Waals surface area contributed by atoms with Crippen LogP contribution in [0.5, 0.6) is 5.75 Å². The van der Waals surface area contributed by atoms with Gasteiger partial charge in [-0.2, -0.15) is 0 Å². The Morgan fingerprint density at radius 3 is 2.41 bits per heavy atom. The van der Waals surface area contributed by atoms with Crippen LogP contribution >= 0.6 is 0 Å². The second kappa shape index (κ2) is 8.57. The molecule has 1 unspecified atom stereocenters. The predicted molar refractivity (Wildman–Crippen MR) is 110 cm³/mol. The fourth-order valence-electron chi connectivity index (χ4n) is 4.39. The molecule has 3 aliphatic heterocycles. The van der Waals surface area contributed by atoms with Crippen molar-refractivity contribution in [3.8, 4) is 5.75 Å². The van der Waals surface area contributed by atoms with Gasteiger partial charge in [0.2, 0.25) is 0 Å². The highest BCUT2D eigenvalue weighted by Crippen LogP contribution is 2.35. The number of hydrogen-bond acceptors (Lipinski definition) is 5. The summed E-state index contributed by atoms with van der Waals surface area (Å²) in [5, 5.41) is 0. The van der Waals surface area contributed by atoms with Gasteiger partial charge in [0.15, 0.2) is 0 Å². The third-order valence-electron chi connectivity index (χ3n) is 6.11. The van der Waals surface area contributed by atoms with Crippen molar-refractivity contribution in [1.29, 1.82) is 0 Å². The minimum Gasteiger partial charge on any atom is -0.494 e. The summed E-state index contributed by atoms with van der Waals surface area (Å²) in [5.41, 5.74) is 1.85. The van der Waals surface area contributed by atoms with E-state index in [0.29, 0.717) is 36.9 Å². The molecule has 0 aliphatic carbocycles. The molecule has 3 aliphatic rings. The van der Waals surface area contributed by atoms with Crippen molar-refractivity contribution in [1.82, 2.24) is 9.80 Å². The predicted octanol–water partition coefficient (Wildman–Crippen LogP) is 3.08. The summed E-state index contributed by atoms with van der Waals surface area (Å²) in [5.74, 6) is 1.03. The van der Waals surface area contributed by atoms with E-state index in [9.17, 15) is 9.59 Å². The summed E-state index contributed by atoms with van der Waals surface area (Å²) in [7, 11) is 0. The number of imide groups is 1. The number of amides is 2. The fraction of sp³-hybridized carbons (Fsp3) is 0.565. The minimum absolute atomic E-state index is 0.0507. The van der Waals surface area contributed by atoms with Crippen LogP contribution in [0, 0.1) is 5.92 Å². The molecular weight excluding hydrogens is 368 g/mol. The molecule has 2 amide bonds. The van der Waals surface area contributed by atoms with Crippen molar-refractivity contribution in [2.45, 2.75) is 45.6 Å². The van der Waals surface area contributed by atoms with Crippen molar-refractivity contribution in [2.75, 3.05) is 32.8 Å². The highest BCUT2D eigenvalue weighted by atomic mass is 16.5. The first-order chi connectivity index (χ1) is 14.1. The first-order valence-electron chi connectivity index (χ1n) is 10.8. The average Bonchev–Trinajstić information content (AvgIpc) is 3.32. The third kappa shape index (κ3) is 4.04. The van der Waals surface area contributed by atoms with Gasteiger partial charge in [-0.05, 0) is 56.2 Å². The van der Waals surface area contributed by atoms with Gasteiger partial charge >= 0.3 is 0 Å². The molecule has 2 fully saturated rings. The summed E-state index contributed by atoms with van der Waals surface area (Å²) in [6.45, 7) is 7.43. The van der Waals surface area contributed by atoms with Crippen LogP contribution in [0.2, 0.25) is 0 Å². The van der Waals surface area contributed by atoms with E-state index in [0.717, 1.165) is 50.1 Å². The second-order valence-corrected chi connectivity index (χ2v) is 8.21. The normalized spacial score (nSPS) is 23.4. The van der Waals surface area contributed by atoms with Gasteiger partial charge in [0, 0.05) is 19.7 Å². The Labute approximate surface area is 172 Å². The highest BCUT2D eigenvalue weighted by Gasteiger charge is 2.43. The number of likely N-dealkylation sites (tertiary alicyclic amines) is 1. The van der Waals surface area contributed by atoms with Gasteiger partial charge in [-0.15, -0.1) is 0 Å². The molecule has 1 aromatic carbocycles. The van der Waals surface area contributed by atoms with E-state index in [1.807, 2.05) is 31.2 Å². The van der Waals surface area contributed by atoms with Crippen LogP contribution in [0.15, 0.2) is 30.0 Å². The number of rotatable bonds is 6. The van der Waals surface area contributed by atoms with E-state index in [2.05, 4.69) is 11.8 Å². The number of ether oxygens (including phenoxy) is 2. The molecule has 0 bridgehead atoms. The van der Waals surface area contributed by atoms with E-state index in [4.69, 9.17) is 9.47 Å². The number of benzene rings is 1. The maximum absolute atomic E-state index is 13.4. The standard InChI is InChI=1S/C23H30N2O4/c1-3-28-18-8-6-17(7-9-18)20-21(24-12-10-16(2)11-13-24)23(27)25(22(20)26)15-19-5-4-14-29-19/h6-9,16,19H,3-5,10-15H2,1-2H3. The van der Waals surface area contributed by atoms with Crippen LogP contribution in [0.4, 0.5) is 0 Å². The lowest BCUT2D eigenvalue weighted by Gasteiger charge is -2.32. The van der Waals surface area contributed by atoms with Crippen LogP contribution in [0.3, 0.4) is 0 Å². The number of nitrogens with zero attached hydrogens (tertiary/aromatic N) is 2. The van der Waals surface area contributed by atoms with Gasteiger partial charge in [0.25, 0.3) is 11.8 Å². The van der Waals surface area contributed by atoms with Gasteiger partial charge in [-0.3, -0.25) is 14.5 Å². The Kier molecular flexibility index (Phi) is 5.90. The third-order valence-corrected chi connectivity index (χ3v) is 6.11. The fourth-order valence-corrected chi connectivity index (χ4v) is 4.39. The number of carbonyl (C=O) groups is 2. The van der Waals surface area contributed by atoms with Gasteiger partial charge in [-0.25, -0.2) is 0 Å². The molecule has 2 saturated heterocycles. The van der Waals surface area contributed by atoms with Gasteiger partial charge in [0.05, 0.1) is 24.8 Å². The van der Waals surface area contributed by atoms with Crippen molar-refractivity contribution in [2.24, 2.45) is 5.92 Å². The van der Waals surface area contributed by atoms with E-state index in [-0.39, 0.29) is 17.9 Å². The summed E-state index contributed by atoms with van der Waals surface area (Å²) < 4.78 is 11.2. The zero-order valence-electron chi connectivity index (χ0n) is 17.4. The number of hydrogen-bond donors (Lipinski definition) is 0. The first-order valence-corrected chi connectivity index (χ1v) is 10.8. The number of piperidine rings is 1. The smallest absolute Gasteiger partial charge is 0.277 e. The van der Waals surface area contributed by atoms with E-state index < -0.39 is 0 Å². The Bertz CT molecular complexity index is 788. The molecule has 156 valence electrons. The summed E-state index contributed by atoms with van der Waals surface area (Å²) in [6, 6.07) is 7.49. The lowest BCUT2D eigenvalue weighted by Crippen LogP contribution is -2.41. The van der Waals surface area contributed by atoms with Crippen molar-refractivity contribution in [3.05, 3.63) is 35.5 Å². The molecule has 29 heavy (non-hydrogen) atoms. The SMILES string of the molecule is CCOc1ccc(C2=C(N3CCC(C)CC3)C(=O)N(CC3CCCO3)C2=O)cc1. The van der Waals surface area contributed by atoms with Crippen molar-refractivity contribution < 1.29 is 19.1 Å². The van der Waals surface area contributed by atoms with Crippen LogP contribution < -0.4 is 4.74 Å². The maximum Gasteiger partial charge on any atom is 0.277 e. The van der Waals surface area contributed by atoms with Crippen molar-refractivity contribution in [3.63, 3.8) is 0 Å². The van der Waals surface area contributed by atoms with Gasteiger partial charge in [0.1, 0.15) is 11.4 Å². The highest BCUT2D eigenvalue weighted by molar-refractivity contribution is 6.35. The lowest BCUT2D eigenvalue weighted by molar-refractivity contribution is -0.139. The largest absolute Gasteiger partial charge is 0.494 e. The molecule has 6 nitrogen and oxygen atoms in total. The molecule has 3 heterocycles. The lowest BCUT2D eigenvalue weighted by atomic mass is 9.97. The number of carbonyl (C=O) groups excluding carboxylic acids is 2. The zero-order chi connectivity index (χ0) is 20.4. The monoisotopic (exact) mass is 398 g/mol. The Hall–Kier alpha value is -2.34. The summed E-state index contributed by atoms with van der Waals surface area (Å²) in [6.07, 6.45) is 3.90. The summed E-state index contributed by atoms with van der Waals surface area (Å²) >= 11 is 0. The molecular formula is C23H30N2O4. The van der Waals surface area contributed by atoms with Gasteiger partial charge < -0.3 is 14.4 Å². The minimum atomic E-state index is -0.205. The van der Waals surface area contributed by atoms with Crippen LogP contribution in [0.1, 0.15) is 45.1 Å². The van der Waals surface area contributed by atoms with E-state index in [1.54, 1.807) is 0 Å². The Morgan fingerprint density at radius 1 is 1.07 bits per heavy atom. The molecule has 0 N–H and O–H groups in total. The van der Waals surface area contributed by atoms with Crippen LogP contribution in [-0.4, -0.2) is 60.6 Å². The van der Waals surface area contributed by atoms with Crippen LogP contribution in [-0.2, 0) is 14.3 Å². The Balaban J connectivity index is 1.66. The zero-order valence-corrected chi connectivity index (χ0v) is 17.4. The molecule has 0 spiro atoms. The quantitative estimate of drug-likeness (QED) is 0.690. The molecule has 4 rings (SSSR count). The molecule has 0 aromatic heterocycles. The first kappa shape index (κ1) is 20.0. The molecule has 1 atom stereocenters. The average molecular weight is 399 g/mol. The topological polar surface area (TPSA) is 59.1 Å². The summed E-state index contributed by atoms with van der Waals surface area (Å²) in [4.78, 5) is 30.2. The maximum atomic E-state index is 13.4. The van der Waals surface area contributed by atoms with E-state index >= 15 is 0 Å². The Morgan fingerprint density at radius 2 is 1.79 bits per heavy atom. The van der Waals surface area contributed by atoms with Gasteiger partial charge in [-0.1, -0.05) is 19.1 Å². The van der Waals surface area contributed by atoms with Crippen molar-refractivity contribution >= 4 is 17.4 Å². The molecule has 1 aromatic rings. The van der Waals surface area contributed by atoms with Crippen LogP contribution in [0.25, 0.3) is 5.57 Å².